The van der Waals surface area contributed by atoms with Gasteiger partial charge in [-0.05, 0) is 33.7 Å². The molecule has 0 saturated carbocycles. The molecule has 0 N–H and O–H groups in total. The number of para-hydroxylation sites is 2. The molecular weight excluding hydrogens is 524 g/mol. The van der Waals surface area contributed by atoms with Crippen LogP contribution in [0.4, 0.5) is 0 Å². The topological polar surface area (TPSA) is 43.6 Å². The highest BCUT2D eigenvalue weighted by Crippen LogP contribution is 2.34. The zero-order valence-electron chi connectivity index (χ0n) is 23.3. The number of hydrogen-bond acceptors (Lipinski definition) is 3. The van der Waals surface area contributed by atoms with Gasteiger partial charge in [0, 0.05) is 21.9 Å². The summed E-state index contributed by atoms with van der Waals surface area (Å²) in [6.45, 7) is 0. The average Bonchev–Trinajstić information content (AvgIpc) is 3.13. The van der Waals surface area contributed by atoms with Gasteiger partial charge in [0.2, 0.25) is 5.95 Å². The van der Waals surface area contributed by atoms with Crippen molar-refractivity contribution < 1.29 is 0 Å². The van der Waals surface area contributed by atoms with Crippen molar-refractivity contribution in [1.29, 1.82) is 0 Å². The van der Waals surface area contributed by atoms with E-state index in [1.54, 1.807) is 0 Å². The number of hydrogen-bond donors (Lipinski definition) is 0. The third kappa shape index (κ3) is 4.37. The zero-order valence-corrected chi connectivity index (χ0v) is 23.3. The van der Waals surface area contributed by atoms with Crippen molar-refractivity contribution in [3.63, 3.8) is 0 Å². The largest absolute Gasteiger partial charge is 0.278 e. The van der Waals surface area contributed by atoms with Gasteiger partial charge < -0.3 is 0 Å². The van der Waals surface area contributed by atoms with Gasteiger partial charge in [0.1, 0.15) is 0 Å². The highest BCUT2D eigenvalue weighted by Gasteiger charge is 2.16. The Morgan fingerprint density at radius 2 is 0.628 bits per heavy atom. The van der Waals surface area contributed by atoms with E-state index in [-0.39, 0.29) is 0 Å². The molecule has 0 spiro atoms. The Bertz CT molecular complexity index is 2180. The minimum atomic E-state index is 0.560. The summed E-state index contributed by atoms with van der Waals surface area (Å²) in [4.78, 5) is 15.3. The molecule has 0 unspecified atom stereocenters. The first-order valence-electron chi connectivity index (χ1n) is 14.4. The van der Waals surface area contributed by atoms with E-state index in [4.69, 9.17) is 15.0 Å². The van der Waals surface area contributed by atoms with Crippen LogP contribution in [-0.4, -0.2) is 19.5 Å². The maximum Gasteiger partial charge on any atom is 0.238 e. The molecule has 43 heavy (non-hydrogen) atoms. The summed E-state index contributed by atoms with van der Waals surface area (Å²) >= 11 is 0. The maximum absolute atomic E-state index is 5.17. The zero-order chi connectivity index (χ0) is 28.6. The first-order chi connectivity index (χ1) is 21.3. The summed E-state index contributed by atoms with van der Waals surface area (Å²) in [6.07, 6.45) is 0. The molecule has 0 radical (unpaired) electrons. The Morgan fingerprint density at radius 3 is 1.05 bits per heavy atom. The molecule has 4 heteroatoms. The molecule has 0 aliphatic rings. The van der Waals surface area contributed by atoms with Crippen LogP contribution in [0, 0.1) is 0 Å². The fourth-order valence-corrected chi connectivity index (χ4v) is 5.94. The van der Waals surface area contributed by atoms with E-state index in [1.807, 2.05) is 60.7 Å². The minimum Gasteiger partial charge on any atom is -0.278 e. The van der Waals surface area contributed by atoms with Crippen molar-refractivity contribution >= 4 is 43.4 Å². The molecule has 8 rings (SSSR count). The molecule has 0 aliphatic heterocycles. The third-order valence-electron chi connectivity index (χ3n) is 7.90. The normalized spacial score (nSPS) is 11.3. The molecule has 0 bridgehead atoms. The van der Waals surface area contributed by atoms with Gasteiger partial charge in [-0.25, -0.2) is 4.98 Å². The second-order valence-corrected chi connectivity index (χ2v) is 10.5. The lowest BCUT2D eigenvalue weighted by atomic mass is 10.0. The molecule has 2 aromatic heterocycles. The number of nitrogens with zero attached hydrogens (tertiary/aromatic N) is 4. The predicted octanol–water partition coefficient (Wildman–Crippen LogP) is 9.73. The first kappa shape index (κ1) is 24.9. The average molecular weight is 551 g/mol. The van der Waals surface area contributed by atoms with Crippen molar-refractivity contribution in [2.45, 2.75) is 0 Å². The standard InChI is InChI=1S/C39H26N4/c1-3-15-27(16-4-1)37-40-38(28-17-5-2-6-18-28)42-39(41-37)43-35-25-13-11-23-33(35)31-21-9-7-19-29(31)30-20-8-10-22-32(30)34-24-12-14-26-36(34)43/h1-26H. The molecule has 8 aromatic rings. The second-order valence-electron chi connectivity index (χ2n) is 10.5. The summed E-state index contributed by atoms with van der Waals surface area (Å²) in [5.41, 5.74) is 3.87. The number of aromatic nitrogens is 4. The van der Waals surface area contributed by atoms with Gasteiger partial charge in [0.25, 0.3) is 0 Å². The fraction of sp³-hybridized carbons (Fsp3) is 0. The lowest BCUT2D eigenvalue weighted by Crippen LogP contribution is -2.08. The van der Waals surface area contributed by atoms with Crippen LogP contribution in [0.5, 0.6) is 0 Å². The summed E-state index contributed by atoms with van der Waals surface area (Å²) in [6, 6.07) is 54.6. The van der Waals surface area contributed by atoms with Gasteiger partial charge in [-0.2, -0.15) is 9.97 Å². The number of fused-ring (bicyclic) bond motifs is 7. The van der Waals surface area contributed by atoms with E-state index < -0.39 is 0 Å². The van der Waals surface area contributed by atoms with Gasteiger partial charge in [-0.3, -0.25) is 4.57 Å². The lowest BCUT2D eigenvalue weighted by molar-refractivity contribution is 0.951. The smallest absolute Gasteiger partial charge is 0.238 e. The minimum absolute atomic E-state index is 0.560. The van der Waals surface area contributed by atoms with Crippen LogP contribution >= 0.6 is 0 Å². The maximum atomic E-state index is 5.17. The highest BCUT2D eigenvalue weighted by molar-refractivity contribution is 6.19. The van der Waals surface area contributed by atoms with Crippen LogP contribution in [0.3, 0.4) is 0 Å². The Hall–Kier alpha value is -5.87. The molecule has 0 atom stereocenters. The second kappa shape index (κ2) is 10.5. The van der Waals surface area contributed by atoms with E-state index in [1.165, 1.54) is 10.8 Å². The summed E-state index contributed by atoms with van der Waals surface area (Å²) < 4.78 is 2.20. The van der Waals surface area contributed by atoms with E-state index in [0.29, 0.717) is 17.6 Å². The van der Waals surface area contributed by atoms with Crippen molar-refractivity contribution in [2.24, 2.45) is 0 Å². The van der Waals surface area contributed by atoms with E-state index in [0.717, 1.165) is 43.7 Å². The van der Waals surface area contributed by atoms with Gasteiger partial charge in [-0.15, -0.1) is 0 Å². The van der Waals surface area contributed by atoms with Crippen molar-refractivity contribution in [2.75, 3.05) is 0 Å². The van der Waals surface area contributed by atoms with Crippen molar-refractivity contribution in [3.05, 3.63) is 158 Å². The summed E-state index contributed by atoms with van der Waals surface area (Å²) in [5, 5.41) is 6.90. The lowest BCUT2D eigenvalue weighted by Gasteiger charge is -2.14. The summed E-state index contributed by atoms with van der Waals surface area (Å²) in [7, 11) is 0. The monoisotopic (exact) mass is 550 g/mol. The van der Waals surface area contributed by atoms with E-state index in [9.17, 15) is 0 Å². The van der Waals surface area contributed by atoms with Crippen LogP contribution in [0.1, 0.15) is 0 Å². The molecular formula is C39H26N4. The highest BCUT2D eigenvalue weighted by atomic mass is 15.2. The molecule has 202 valence electrons. The van der Waals surface area contributed by atoms with Gasteiger partial charge in [0.15, 0.2) is 11.6 Å². The molecule has 4 nitrogen and oxygen atoms in total. The SMILES string of the molecule is c1ccc(-c2nc(-c3ccccc3)nc(-n3c4ccccc4c4ccccc4c4ccccc4c4ccccc43)n2)cc1. The van der Waals surface area contributed by atoms with Crippen LogP contribution in [0.25, 0.3) is 72.1 Å². The Morgan fingerprint density at radius 1 is 0.302 bits per heavy atom. The van der Waals surface area contributed by atoms with Gasteiger partial charge >= 0.3 is 0 Å². The Balaban J connectivity index is 1.63. The van der Waals surface area contributed by atoms with E-state index in [2.05, 4.69) is 102 Å². The van der Waals surface area contributed by atoms with Gasteiger partial charge in [-0.1, -0.05) is 146 Å². The molecule has 0 fully saturated rings. The Kier molecular flexibility index (Phi) is 6.08. The van der Waals surface area contributed by atoms with E-state index >= 15 is 0 Å². The molecule has 0 saturated heterocycles. The summed E-state index contributed by atoms with van der Waals surface area (Å²) in [5.74, 6) is 1.81. The quantitative estimate of drug-likeness (QED) is 0.220. The number of benzene rings is 6. The van der Waals surface area contributed by atoms with Crippen LogP contribution in [-0.2, 0) is 0 Å². The Labute approximate surface area is 248 Å². The van der Waals surface area contributed by atoms with Gasteiger partial charge in [0.05, 0.1) is 11.0 Å². The van der Waals surface area contributed by atoms with Crippen LogP contribution in [0.15, 0.2) is 158 Å². The molecule has 0 aliphatic carbocycles. The van der Waals surface area contributed by atoms with Crippen molar-refractivity contribution in [1.82, 2.24) is 19.5 Å². The fourth-order valence-electron chi connectivity index (χ4n) is 5.94. The third-order valence-corrected chi connectivity index (χ3v) is 7.90. The van der Waals surface area contributed by atoms with Crippen molar-refractivity contribution in [3.8, 4) is 28.7 Å². The molecule has 0 amide bonds. The predicted molar refractivity (Wildman–Crippen MR) is 178 cm³/mol. The number of rotatable bonds is 3. The van der Waals surface area contributed by atoms with Crippen LogP contribution < -0.4 is 0 Å². The first-order valence-corrected chi connectivity index (χ1v) is 14.4. The van der Waals surface area contributed by atoms with Crippen LogP contribution in [0.2, 0.25) is 0 Å². The molecule has 6 aromatic carbocycles. The molecule has 2 heterocycles.